The van der Waals surface area contributed by atoms with Crippen molar-refractivity contribution in [2.24, 2.45) is 10.9 Å². The third kappa shape index (κ3) is 6.13. The normalized spacial score (nSPS) is 17.9. The summed E-state index contributed by atoms with van der Waals surface area (Å²) in [5.74, 6) is 2.68. The molecule has 2 rings (SSSR count). The maximum Gasteiger partial charge on any atom is 0.193 e. The monoisotopic (exact) mass is 463 g/mol. The van der Waals surface area contributed by atoms with E-state index in [1.54, 1.807) is 0 Å². The van der Waals surface area contributed by atoms with E-state index in [1.807, 2.05) is 20.9 Å². The molecule has 1 fully saturated rings. The summed E-state index contributed by atoms with van der Waals surface area (Å²) in [6.45, 7) is 15.0. The molecule has 0 bridgehead atoms. The van der Waals surface area contributed by atoms with Crippen molar-refractivity contribution in [2.75, 3.05) is 46.3 Å². The Morgan fingerprint density at radius 1 is 1.36 bits per heavy atom. The first-order valence-electron chi connectivity index (χ1n) is 9.18. The van der Waals surface area contributed by atoms with E-state index in [0.717, 1.165) is 62.5 Å². The minimum atomic E-state index is 0. The van der Waals surface area contributed by atoms with E-state index < -0.39 is 0 Å². The molecule has 0 aromatic carbocycles. The van der Waals surface area contributed by atoms with Crippen LogP contribution in [-0.4, -0.2) is 67.2 Å². The summed E-state index contributed by atoms with van der Waals surface area (Å²) >= 11 is 0. The number of guanidine groups is 1. The quantitative estimate of drug-likeness (QED) is 0.383. The molecular formula is C18H34IN5O. The van der Waals surface area contributed by atoms with Crippen molar-refractivity contribution in [2.45, 2.75) is 40.5 Å². The maximum absolute atomic E-state index is 5.23. The average molecular weight is 463 g/mol. The molecule has 0 spiro atoms. The predicted molar refractivity (Wildman–Crippen MR) is 114 cm³/mol. The van der Waals surface area contributed by atoms with Gasteiger partial charge in [0.15, 0.2) is 5.96 Å². The summed E-state index contributed by atoms with van der Waals surface area (Å²) in [5.41, 5.74) is 2.20. The van der Waals surface area contributed by atoms with Crippen molar-refractivity contribution in [3.8, 4) is 0 Å². The molecule has 1 aromatic rings. The van der Waals surface area contributed by atoms with Crippen LogP contribution < -0.4 is 5.32 Å². The van der Waals surface area contributed by atoms with Gasteiger partial charge in [0, 0.05) is 38.8 Å². The molecule has 2 heterocycles. The average Bonchev–Trinajstić information content (AvgIpc) is 3.17. The van der Waals surface area contributed by atoms with Crippen LogP contribution in [0.4, 0.5) is 0 Å². The Bertz CT molecular complexity index is 522. The van der Waals surface area contributed by atoms with Crippen molar-refractivity contribution in [1.82, 2.24) is 20.3 Å². The number of aliphatic imine (C=N–C) groups is 1. The number of hydrogen-bond donors (Lipinski definition) is 1. The highest BCUT2D eigenvalue weighted by atomic mass is 127. The van der Waals surface area contributed by atoms with Crippen molar-refractivity contribution in [3.05, 3.63) is 17.0 Å². The van der Waals surface area contributed by atoms with Crippen LogP contribution in [0.2, 0.25) is 0 Å². The van der Waals surface area contributed by atoms with Gasteiger partial charge in [0.2, 0.25) is 0 Å². The van der Waals surface area contributed by atoms with Gasteiger partial charge < -0.3 is 19.6 Å². The summed E-state index contributed by atoms with van der Waals surface area (Å²) in [4.78, 5) is 9.37. The highest BCUT2D eigenvalue weighted by Gasteiger charge is 2.25. The Morgan fingerprint density at radius 3 is 2.64 bits per heavy atom. The number of halogens is 1. The lowest BCUT2D eigenvalue weighted by Crippen LogP contribution is -2.41. The second-order valence-corrected chi connectivity index (χ2v) is 6.61. The fourth-order valence-corrected chi connectivity index (χ4v) is 3.51. The number of nitrogens with zero attached hydrogens (tertiary/aromatic N) is 4. The molecule has 1 unspecified atom stereocenters. The van der Waals surface area contributed by atoms with Gasteiger partial charge in [-0.3, -0.25) is 4.99 Å². The van der Waals surface area contributed by atoms with E-state index in [0.29, 0.717) is 0 Å². The number of aryl methyl sites for hydroxylation is 2. The number of aromatic nitrogens is 1. The van der Waals surface area contributed by atoms with Crippen molar-refractivity contribution in [3.63, 3.8) is 0 Å². The van der Waals surface area contributed by atoms with Gasteiger partial charge in [0.25, 0.3) is 0 Å². The van der Waals surface area contributed by atoms with Gasteiger partial charge in [0.1, 0.15) is 5.76 Å². The van der Waals surface area contributed by atoms with Crippen LogP contribution in [0.5, 0.6) is 0 Å². The zero-order chi connectivity index (χ0) is 17.5. The van der Waals surface area contributed by atoms with Gasteiger partial charge in [-0.15, -0.1) is 24.0 Å². The van der Waals surface area contributed by atoms with Crippen molar-refractivity contribution in [1.29, 1.82) is 0 Å². The lowest BCUT2D eigenvalue weighted by Gasteiger charge is -2.24. The molecule has 0 amide bonds. The molecule has 1 aliphatic rings. The standard InChI is InChI=1S/C18H33N5O.HI/c1-6-22(7-2)12-16-9-11-23(13-16)18(19-5)20-10-8-17-14(3)21-24-15(17)4;/h16H,6-13H2,1-5H3,(H,19,20);1H. The molecule has 6 nitrogen and oxygen atoms in total. The second-order valence-electron chi connectivity index (χ2n) is 6.61. The van der Waals surface area contributed by atoms with Gasteiger partial charge in [-0.25, -0.2) is 0 Å². The predicted octanol–water partition coefficient (Wildman–Crippen LogP) is 2.69. The number of likely N-dealkylation sites (tertiary alicyclic amines) is 1. The fraction of sp³-hybridized carbons (Fsp3) is 0.778. The van der Waals surface area contributed by atoms with E-state index in [1.165, 1.54) is 18.5 Å². The highest BCUT2D eigenvalue weighted by molar-refractivity contribution is 14.0. The molecule has 1 saturated heterocycles. The molecule has 0 aliphatic carbocycles. The molecule has 0 radical (unpaired) electrons. The largest absolute Gasteiger partial charge is 0.361 e. The molecular weight excluding hydrogens is 429 g/mol. The van der Waals surface area contributed by atoms with Gasteiger partial charge in [-0.05, 0) is 45.7 Å². The van der Waals surface area contributed by atoms with Crippen molar-refractivity contribution >= 4 is 29.9 Å². The van der Waals surface area contributed by atoms with Crippen LogP contribution in [0.3, 0.4) is 0 Å². The fourth-order valence-electron chi connectivity index (χ4n) is 3.51. The zero-order valence-corrected chi connectivity index (χ0v) is 18.7. The van der Waals surface area contributed by atoms with Crippen molar-refractivity contribution < 1.29 is 4.52 Å². The van der Waals surface area contributed by atoms with Crippen LogP contribution in [0.15, 0.2) is 9.52 Å². The molecule has 7 heteroatoms. The maximum atomic E-state index is 5.23. The molecule has 1 aliphatic heterocycles. The first-order valence-corrected chi connectivity index (χ1v) is 9.18. The minimum Gasteiger partial charge on any atom is -0.361 e. The van der Waals surface area contributed by atoms with E-state index >= 15 is 0 Å². The van der Waals surface area contributed by atoms with Gasteiger partial charge in [-0.2, -0.15) is 0 Å². The van der Waals surface area contributed by atoms with E-state index in [4.69, 9.17) is 4.52 Å². The van der Waals surface area contributed by atoms with Crippen LogP contribution in [0, 0.1) is 19.8 Å². The van der Waals surface area contributed by atoms with Crippen LogP contribution in [-0.2, 0) is 6.42 Å². The minimum absolute atomic E-state index is 0. The number of hydrogen-bond acceptors (Lipinski definition) is 4. The Morgan fingerprint density at radius 2 is 2.08 bits per heavy atom. The molecule has 1 N–H and O–H groups in total. The second kappa shape index (κ2) is 11.0. The Hall–Kier alpha value is -0.830. The summed E-state index contributed by atoms with van der Waals surface area (Å²) < 4.78 is 5.23. The number of rotatable bonds is 7. The van der Waals surface area contributed by atoms with Crippen LogP contribution in [0.1, 0.15) is 37.3 Å². The Labute approximate surface area is 169 Å². The molecule has 0 saturated carbocycles. The Kier molecular flexibility index (Phi) is 9.78. The van der Waals surface area contributed by atoms with Gasteiger partial charge >= 0.3 is 0 Å². The first kappa shape index (κ1) is 22.2. The van der Waals surface area contributed by atoms with E-state index in [-0.39, 0.29) is 24.0 Å². The third-order valence-corrected chi connectivity index (χ3v) is 5.05. The zero-order valence-electron chi connectivity index (χ0n) is 16.3. The highest BCUT2D eigenvalue weighted by Crippen LogP contribution is 2.18. The number of nitrogens with one attached hydrogen (secondary N) is 1. The lowest BCUT2D eigenvalue weighted by atomic mass is 10.1. The van der Waals surface area contributed by atoms with Gasteiger partial charge in [0.05, 0.1) is 5.69 Å². The van der Waals surface area contributed by atoms with E-state index in [9.17, 15) is 0 Å². The summed E-state index contributed by atoms with van der Waals surface area (Å²) in [6, 6.07) is 0. The summed E-state index contributed by atoms with van der Waals surface area (Å²) in [7, 11) is 1.87. The van der Waals surface area contributed by atoms with Crippen LogP contribution in [0.25, 0.3) is 0 Å². The Balaban J connectivity index is 0.00000312. The molecule has 144 valence electrons. The summed E-state index contributed by atoms with van der Waals surface area (Å²) in [5, 5.41) is 7.52. The lowest BCUT2D eigenvalue weighted by molar-refractivity contribution is 0.255. The SMILES string of the molecule is CCN(CC)CC1CCN(C(=NC)NCCc2c(C)noc2C)C1.I. The third-order valence-electron chi connectivity index (χ3n) is 5.05. The molecule has 25 heavy (non-hydrogen) atoms. The molecule has 1 aromatic heterocycles. The van der Waals surface area contributed by atoms with E-state index in [2.05, 4.69) is 39.1 Å². The first-order chi connectivity index (χ1) is 11.6. The topological polar surface area (TPSA) is 56.9 Å². The summed E-state index contributed by atoms with van der Waals surface area (Å²) in [6.07, 6.45) is 2.16. The van der Waals surface area contributed by atoms with Gasteiger partial charge in [-0.1, -0.05) is 19.0 Å². The van der Waals surface area contributed by atoms with Crippen LogP contribution >= 0.6 is 24.0 Å². The molecule has 1 atom stereocenters. The smallest absolute Gasteiger partial charge is 0.193 e.